The lowest BCUT2D eigenvalue weighted by Crippen LogP contribution is -2.30. The van der Waals surface area contributed by atoms with Gasteiger partial charge in [-0.15, -0.1) is 0 Å². The summed E-state index contributed by atoms with van der Waals surface area (Å²) < 4.78 is 12.8. The molecular formula is C22H27N5O2. The molecule has 0 atom stereocenters. The van der Waals surface area contributed by atoms with E-state index in [9.17, 15) is 0 Å². The van der Waals surface area contributed by atoms with Gasteiger partial charge in [0, 0.05) is 44.3 Å². The predicted molar refractivity (Wildman–Crippen MR) is 116 cm³/mol. The molecule has 0 bridgehead atoms. The average Bonchev–Trinajstić information content (AvgIpc) is 3.15. The fraction of sp³-hybridized carbons (Fsp3) is 0.273. The number of aryl methyl sites for hydroxylation is 1. The third kappa shape index (κ3) is 5.28. The van der Waals surface area contributed by atoms with Crippen molar-refractivity contribution in [3.63, 3.8) is 0 Å². The topological polar surface area (TPSA) is 72.7 Å². The van der Waals surface area contributed by atoms with Gasteiger partial charge >= 0.3 is 0 Å². The quantitative estimate of drug-likeness (QED) is 0.475. The molecule has 0 unspecified atom stereocenters. The number of nitrogens with one attached hydrogen (secondary N) is 2. The van der Waals surface area contributed by atoms with Crippen molar-refractivity contribution in [2.24, 2.45) is 4.99 Å². The van der Waals surface area contributed by atoms with E-state index in [4.69, 9.17) is 9.47 Å². The van der Waals surface area contributed by atoms with E-state index in [0.717, 1.165) is 18.1 Å². The highest BCUT2D eigenvalue weighted by Gasteiger charge is 2.07. The Balaban J connectivity index is 1.62. The van der Waals surface area contributed by atoms with Gasteiger partial charge in [-0.2, -0.15) is 0 Å². The van der Waals surface area contributed by atoms with Crippen LogP contribution in [0.1, 0.15) is 17.0 Å². The number of hydrogen-bond donors (Lipinski definition) is 2. The second-order valence-electron chi connectivity index (χ2n) is 6.54. The minimum Gasteiger partial charge on any atom is -0.493 e. The maximum Gasteiger partial charge on any atom is 0.195 e. The fourth-order valence-electron chi connectivity index (χ4n) is 3.02. The van der Waals surface area contributed by atoms with Crippen molar-refractivity contribution >= 4 is 11.6 Å². The van der Waals surface area contributed by atoms with Crippen molar-refractivity contribution in [2.75, 3.05) is 26.6 Å². The molecule has 0 fully saturated rings. The van der Waals surface area contributed by atoms with Crippen molar-refractivity contribution in [2.45, 2.75) is 20.0 Å². The van der Waals surface area contributed by atoms with Gasteiger partial charge < -0.3 is 24.7 Å². The maximum absolute atomic E-state index is 5.35. The standard InChI is InChI=1S/C22H27N5O2/c1-16-24-10-11-27(16)15-18-7-5-6-17(12-18)14-25-22(23-2)26-19-8-9-20(28-3)21(13-19)29-4/h5-13H,14-15H2,1-4H3,(H2,23,25,26). The normalized spacial score (nSPS) is 11.2. The summed E-state index contributed by atoms with van der Waals surface area (Å²) in [5.41, 5.74) is 3.27. The highest BCUT2D eigenvalue weighted by molar-refractivity contribution is 5.93. The lowest BCUT2D eigenvalue weighted by atomic mass is 10.1. The number of aliphatic imine (C=N–C) groups is 1. The molecule has 0 saturated carbocycles. The van der Waals surface area contributed by atoms with Crippen molar-refractivity contribution in [3.8, 4) is 11.5 Å². The van der Waals surface area contributed by atoms with Gasteiger partial charge in [-0.3, -0.25) is 4.99 Å². The molecule has 0 amide bonds. The molecule has 7 heteroatoms. The molecule has 1 heterocycles. The van der Waals surface area contributed by atoms with Crippen molar-refractivity contribution in [3.05, 3.63) is 71.8 Å². The first-order valence-corrected chi connectivity index (χ1v) is 9.38. The molecule has 1 aromatic heterocycles. The summed E-state index contributed by atoms with van der Waals surface area (Å²) in [4.78, 5) is 8.58. The number of nitrogens with zero attached hydrogens (tertiary/aromatic N) is 3. The Labute approximate surface area is 171 Å². The van der Waals surface area contributed by atoms with E-state index in [-0.39, 0.29) is 0 Å². The summed E-state index contributed by atoms with van der Waals surface area (Å²) in [5.74, 6) is 3.03. The molecular weight excluding hydrogens is 366 g/mol. The molecule has 0 aliphatic heterocycles. The van der Waals surface area contributed by atoms with E-state index in [1.54, 1.807) is 21.3 Å². The summed E-state index contributed by atoms with van der Waals surface area (Å²) >= 11 is 0. The minimum absolute atomic E-state index is 0.656. The predicted octanol–water partition coefficient (Wildman–Crippen LogP) is 3.44. The van der Waals surface area contributed by atoms with Crippen molar-refractivity contribution in [1.82, 2.24) is 14.9 Å². The van der Waals surface area contributed by atoms with Gasteiger partial charge in [0.2, 0.25) is 0 Å². The van der Waals surface area contributed by atoms with Crippen molar-refractivity contribution < 1.29 is 9.47 Å². The van der Waals surface area contributed by atoms with E-state index < -0.39 is 0 Å². The van der Waals surface area contributed by atoms with E-state index in [1.807, 2.05) is 37.5 Å². The number of benzene rings is 2. The van der Waals surface area contributed by atoms with E-state index in [2.05, 4.69) is 49.4 Å². The Morgan fingerprint density at radius 2 is 1.86 bits per heavy atom. The molecule has 0 aliphatic carbocycles. The Kier molecular flexibility index (Phi) is 6.73. The van der Waals surface area contributed by atoms with Gasteiger partial charge in [0.15, 0.2) is 17.5 Å². The van der Waals surface area contributed by atoms with Crippen LogP contribution in [0.3, 0.4) is 0 Å². The van der Waals surface area contributed by atoms with Crippen LogP contribution in [0, 0.1) is 6.92 Å². The Bertz CT molecular complexity index is 981. The smallest absolute Gasteiger partial charge is 0.195 e. The SMILES string of the molecule is CN=C(NCc1cccc(Cn2ccnc2C)c1)Nc1ccc(OC)c(OC)c1. The molecule has 2 N–H and O–H groups in total. The second kappa shape index (κ2) is 9.64. The van der Waals surface area contributed by atoms with Crippen LogP contribution < -0.4 is 20.1 Å². The summed E-state index contributed by atoms with van der Waals surface area (Å²) in [7, 11) is 4.98. The van der Waals surface area contributed by atoms with Gasteiger partial charge in [-0.05, 0) is 30.2 Å². The highest BCUT2D eigenvalue weighted by Crippen LogP contribution is 2.29. The first-order chi connectivity index (χ1) is 14.1. The molecule has 0 radical (unpaired) electrons. The molecule has 2 aromatic carbocycles. The second-order valence-corrected chi connectivity index (χ2v) is 6.54. The fourth-order valence-corrected chi connectivity index (χ4v) is 3.02. The zero-order valence-electron chi connectivity index (χ0n) is 17.3. The largest absolute Gasteiger partial charge is 0.493 e. The van der Waals surface area contributed by atoms with Crippen LogP contribution in [0.15, 0.2) is 59.9 Å². The molecule has 0 spiro atoms. The molecule has 29 heavy (non-hydrogen) atoms. The molecule has 7 nitrogen and oxygen atoms in total. The Morgan fingerprint density at radius 3 is 2.55 bits per heavy atom. The number of anilines is 1. The van der Waals surface area contributed by atoms with Crippen LogP contribution in [0.4, 0.5) is 5.69 Å². The van der Waals surface area contributed by atoms with Crippen LogP contribution in [-0.4, -0.2) is 36.8 Å². The summed E-state index contributed by atoms with van der Waals surface area (Å²) in [6.45, 7) is 3.47. The van der Waals surface area contributed by atoms with Crippen LogP contribution in [-0.2, 0) is 13.1 Å². The third-order valence-corrected chi connectivity index (χ3v) is 4.60. The summed E-state index contributed by atoms with van der Waals surface area (Å²) in [6, 6.07) is 14.1. The molecule has 152 valence electrons. The average molecular weight is 393 g/mol. The number of imidazole rings is 1. The number of guanidine groups is 1. The van der Waals surface area contributed by atoms with E-state index in [0.29, 0.717) is 24.0 Å². The van der Waals surface area contributed by atoms with Gasteiger partial charge in [-0.25, -0.2) is 4.98 Å². The number of ether oxygens (including phenoxy) is 2. The van der Waals surface area contributed by atoms with Crippen LogP contribution in [0.2, 0.25) is 0 Å². The number of hydrogen-bond acceptors (Lipinski definition) is 4. The monoisotopic (exact) mass is 393 g/mol. The number of aromatic nitrogens is 2. The van der Waals surface area contributed by atoms with Crippen LogP contribution in [0.5, 0.6) is 11.5 Å². The zero-order valence-corrected chi connectivity index (χ0v) is 17.3. The van der Waals surface area contributed by atoms with Crippen LogP contribution >= 0.6 is 0 Å². The van der Waals surface area contributed by atoms with E-state index in [1.165, 1.54) is 11.1 Å². The van der Waals surface area contributed by atoms with Gasteiger partial charge in [0.1, 0.15) is 5.82 Å². The molecule has 3 rings (SSSR count). The van der Waals surface area contributed by atoms with Gasteiger partial charge in [0.25, 0.3) is 0 Å². The first-order valence-electron chi connectivity index (χ1n) is 9.38. The first kappa shape index (κ1) is 20.3. The maximum atomic E-state index is 5.35. The lowest BCUT2D eigenvalue weighted by Gasteiger charge is -2.14. The zero-order chi connectivity index (χ0) is 20.6. The lowest BCUT2D eigenvalue weighted by molar-refractivity contribution is 0.355. The van der Waals surface area contributed by atoms with Crippen LogP contribution in [0.25, 0.3) is 0 Å². The Morgan fingerprint density at radius 1 is 1.07 bits per heavy atom. The Hall–Kier alpha value is -3.48. The van der Waals surface area contributed by atoms with Gasteiger partial charge in [-0.1, -0.05) is 24.3 Å². The summed E-state index contributed by atoms with van der Waals surface area (Å²) in [5, 5.41) is 6.62. The van der Waals surface area contributed by atoms with E-state index >= 15 is 0 Å². The highest BCUT2D eigenvalue weighted by atomic mass is 16.5. The number of rotatable bonds is 7. The molecule has 0 saturated heterocycles. The third-order valence-electron chi connectivity index (χ3n) is 4.60. The molecule has 3 aromatic rings. The summed E-state index contributed by atoms with van der Waals surface area (Å²) in [6.07, 6.45) is 3.82. The molecule has 0 aliphatic rings. The van der Waals surface area contributed by atoms with Crippen molar-refractivity contribution in [1.29, 1.82) is 0 Å². The minimum atomic E-state index is 0.656. The van der Waals surface area contributed by atoms with Gasteiger partial charge in [0.05, 0.1) is 14.2 Å². The number of methoxy groups -OCH3 is 2.